The van der Waals surface area contributed by atoms with Gasteiger partial charge in [0.05, 0.1) is 35.4 Å². The lowest BCUT2D eigenvalue weighted by Gasteiger charge is -2.19. The van der Waals surface area contributed by atoms with Gasteiger partial charge in [0.2, 0.25) is 0 Å². The number of carbonyl (C=O) groups is 3. The predicted octanol–water partition coefficient (Wildman–Crippen LogP) is 1.79. The number of carboxylic acid groups (broad SMARTS) is 1. The number of rotatable bonds is 6. The summed E-state index contributed by atoms with van der Waals surface area (Å²) >= 11 is 0. The number of hydrogen-bond acceptors (Lipinski definition) is 7. The van der Waals surface area contributed by atoms with Gasteiger partial charge in [-0.15, -0.1) is 0 Å². The van der Waals surface area contributed by atoms with Crippen molar-refractivity contribution >= 4 is 29.4 Å². The summed E-state index contributed by atoms with van der Waals surface area (Å²) in [6.45, 7) is 1.52. The Labute approximate surface area is 189 Å². The minimum Gasteiger partial charge on any atom is -0.489 e. The van der Waals surface area contributed by atoms with Crippen LogP contribution >= 0.6 is 0 Å². The molecule has 0 fully saturated rings. The first-order valence-electron chi connectivity index (χ1n) is 10.3. The van der Waals surface area contributed by atoms with Crippen LogP contribution in [0.2, 0.25) is 0 Å². The van der Waals surface area contributed by atoms with Crippen molar-refractivity contribution in [1.29, 1.82) is 0 Å². The number of fused-ring (bicyclic) bond motifs is 2. The molecule has 2 atom stereocenters. The summed E-state index contributed by atoms with van der Waals surface area (Å²) in [5.41, 5.74) is 12.4. The van der Waals surface area contributed by atoms with Gasteiger partial charge >= 0.3 is 11.9 Å². The largest absolute Gasteiger partial charge is 0.489 e. The third-order valence-electron chi connectivity index (χ3n) is 5.19. The molecule has 2 aromatic carbocycles. The van der Waals surface area contributed by atoms with E-state index in [2.05, 4.69) is 4.99 Å². The molecule has 33 heavy (non-hydrogen) atoms. The third kappa shape index (κ3) is 5.66. The van der Waals surface area contributed by atoms with Gasteiger partial charge in [0.1, 0.15) is 0 Å². The van der Waals surface area contributed by atoms with E-state index in [-0.39, 0.29) is 29.6 Å². The molecule has 10 heteroatoms. The van der Waals surface area contributed by atoms with Crippen molar-refractivity contribution in [2.24, 2.45) is 22.4 Å². The van der Waals surface area contributed by atoms with Gasteiger partial charge < -0.3 is 31.2 Å². The quantitative estimate of drug-likeness (QED) is 0.166. The first-order valence-corrected chi connectivity index (χ1v) is 10.3. The second kappa shape index (κ2) is 10.1. The third-order valence-corrected chi connectivity index (χ3v) is 5.19. The fourth-order valence-electron chi connectivity index (χ4n) is 3.53. The highest BCUT2D eigenvalue weighted by atomic mass is 16.6. The van der Waals surface area contributed by atoms with Crippen molar-refractivity contribution in [2.45, 2.75) is 32.3 Å². The number of ketones is 1. The molecule has 1 aliphatic heterocycles. The van der Waals surface area contributed by atoms with Crippen LogP contribution in [0, 0.1) is 5.92 Å². The number of ether oxygens (including phenoxy) is 2. The number of hydrogen-bond donors (Lipinski definition) is 4. The second-order valence-electron chi connectivity index (χ2n) is 7.67. The van der Waals surface area contributed by atoms with E-state index in [0.29, 0.717) is 29.7 Å². The summed E-state index contributed by atoms with van der Waals surface area (Å²) in [6, 6.07) is 9.32. The molecule has 0 saturated carbocycles. The number of aryl methyl sites for hydroxylation is 1. The molecule has 3 rings (SSSR count). The Bertz CT molecular complexity index is 1110. The normalized spacial score (nSPS) is 15.0. The van der Waals surface area contributed by atoms with E-state index >= 15 is 0 Å². The number of para-hydroxylation sites is 1. The molecule has 0 bridgehead atoms. The number of aliphatic hydroxyl groups excluding tert-OH is 1. The van der Waals surface area contributed by atoms with Gasteiger partial charge in [0.25, 0.3) is 0 Å². The van der Waals surface area contributed by atoms with Crippen LogP contribution in [0.25, 0.3) is 0 Å². The van der Waals surface area contributed by atoms with Crippen LogP contribution in [-0.2, 0) is 11.2 Å². The molecule has 0 spiro atoms. The van der Waals surface area contributed by atoms with Gasteiger partial charge in [-0.3, -0.25) is 9.59 Å². The topological polar surface area (TPSA) is 175 Å². The Morgan fingerprint density at radius 2 is 1.97 bits per heavy atom. The van der Waals surface area contributed by atoms with E-state index in [4.69, 9.17) is 20.9 Å². The van der Waals surface area contributed by atoms with Gasteiger partial charge in [-0.2, -0.15) is 0 Å². The minimum atomic E-state index is -1.28. The first kappa shape index (κ1) is 23.7. The summed E-state index contributed by atoms with van der Waals surface area (Å²) in [5.74, 6) is -3.76. The zero-order valence-electron chi connectivity index (χ0n) is 18.0. The molecule has 6 N–H and O–H groups in total. The molecule has 0 saturated heterocycles. The smallest absolute Gasteiger partial charge is 0.343 e. The van der Waals surface area contributed by atoms with Crippen LogP contribution in [0.15, 0.2) is 41.4 Å². The predicted molar refractivity (Wildman–Crippen MR) is 119 cm³/mol. The zero-order valence-corrected chi connectivity index (χ0v) is 18.0. The number of esters is 1. The van der Waals surface area contributed by atoms with Crippen LogP contribution in [0.3, 0.4) is 0 Å². The van der Waals surface area contributed by atoms with E-state index in [1.165, 1.54) is 25.1 Å². The molecular formula is C23H25N3O7. The van der Waals surface area contributed by atoms with E-state index in [1.807, 2.05) is 0 Å². The lowest BCUT2D eigenvalue weighted by Crippen LogP contribution is -2.28. The SMILES string of the molecule is CC(O)C(CC(=O)c1cccc2c1OCCCc1cc(N=C(N)N)ccc1C(=O)O2)C(=O)O. The standard InChI is InChI=1S/C23H25N3O7/c1-12(27)17(21(29)30)11-18(28)16-5-2-6-19-20(16)32-9-3-4-13-10-14(26-23(24)25)7-8-15(13)22(31)33-19/h2,5-8,10,12,17,27H,3-4,9,11H2,1H3,(H,29,30)(H4,24,25,26). The maximum absolute atomic E-state index is 12.9. The molecule has 0 amide bonds. The fourth-order valence-corrected chi connectivity index (χ4v) is 3.53. The van der Waals surface area contributed by atoms with E-state index in [9.17, 15) is 24.6 Å². The Balaban J connectivity index is 1.94. The van der Waals surface area contributed by atoms with Crippen molar-refractivity contribution in [2.75, 3.05) is 6.61 Å². The summed E-state index contributed by atoms with van der Waals surface area (Å²) in [7, 11) is 0. The summed E-state index contributed by atoms with van der Waals surface area (Å²) < 4.78 is 11.3. The molecule has 0 aliphatic carbocycles. The van der Waals surface area contributed by atoms with Crippen molar-refractivity contribution in [3.63, 3.8) is 0 Å². The highest BCUT2D eigenvalue weighted by molar-refractivity contribution is 6.02. The zero-order chi connectivity index (χ0) is 24.1. The maximum Gasteiger partial charge on any atom is 0.343 e. The highest BCUT2D eigenvalue weighted by Crippen LogP contribution is 2.35. The molecule has 0 radical (unpaired) electrons. The number of carboxylic acids is 1. The number of nitrogens with zero attached hydrogens (tertiary/aromatic N) is 1. The number of aliphatic hydroxyl groups is 1. The van der Waals surface area contributed by atoms with E-state index in [1.54, 1.807) is 18.2 Å². The minimum absolute atomic E-state index is 0.0379. The van der Waals surface area contributed by atoms with Gasteiger partial charge in [0, 0.05) is 6.42 Å². The monoisotopic (exact) mass is 455 g/mol. The average molecular weight is 455 g/mol. The molecule has 2 unspecified atom stereocenters. The van der Waals surface area contributed by atoms with E-state index in [0.717, 1.165) is 0 Å². The van der Waals surface area contributed by atoms with Crippen molar-refractivity contribution in [3.05, 3.63) is 53.1 Å². The van der Waals surface area contributed by atoms with Crippen LogP contribution < -0.4 is 20.9 Å². The van der Waals surface area contributed by atoms with Crippen molar-refractivity contribution in [1.82, 2.24) is 0 Å². The van der Waals surface area contributed by atoms with Crippen LogP contribution in [-0.4, -0.2) is 46.6 Å². The number of aliphatic carboxylic acids is 1. The number of Topliss-reactive ketones (excluding diaryl/α,β-unsaturated/α-hetero) is 1. The number of aliphatic imine (C=N–C) groups is 1. The van der Waals surface area contributed by atoms with Crippen molar-refractivity contribution in [3.8, 4) is 11.5 Å². The molecular weight excluding hydrogens is 430 g/mol. The molecule has 1 aliphatic rings. The number of nitrogens with two attached hydrogens (primary N) is 2. The molecule has 174 valence electrons. The molecule has 0 aromatic heterocycles. The van der Waals surface area contributed by atoms with Gasteiger partial charge in [-0.05, 0) is 55.7 Å². The number of guanidine groups is 1. The van der Waals surface area contributed by atoms with Crippen molar-refractivity contribution < 1.29 is 34.1 Å². The van der Waals surface area contributed by atoms with Crippen LogP contribution in [0.4, 0.5) is 5.69 Å². The van der Waals surface area contributed by atoms with Gasteiger partial charge in [-0.1, -0.05) is 6.07 Å². The Hall–Kier alpha value is -3.92. The van der Waals surface area contributed by atoms with Gasteiger partial charge in [-0.25, -0.2) is 9.79 Å². The Morgan fingerprint density at radius 1 is 1.21 bits per heavy atom. The number of carbonyl (C=O) groups excluding carboxylic acids is 2. The fraction of sp³-hybridized carbons (Fsp3) is 0.304. The maximum atomic E-state index is 12.9. The summed E-state index contributed by atoms with van der Waals surface area (Å²) in [6.07, 6.45) is -0.675. The first-order chi connectivity index (χ1) is 15.7. The number of benzene rings is 2. The lowest BCUT2D eigenvalue weighted by molar-refractivity contribution is -0.145. The van der Waals surface area contributed by atoms with E-state index < -0.39 is 36.2 Å². The molecule has 2 aromatic rings. The highest BCUT2D eigenvalue weighted by Gasteiger charge is 2.29. The molecule has 1 heterocycles. The summed E-state index contributed by atoms with van der Waals surface area (Å²) in [4.78, 5) is 41.1. The summed E-state index contributed by atoms with van der Waals surface area (Å²) in [5, 5.41) is 19.0. The average Bonchev–Trinajstić information content (AvgIpc) is 2.74. The lowest BCUT2D eigenvalue weighted by atomic mass is 9.93. The Morgan fingerprint density at radius 3 is 2.64 bits per heavy atom. The Kier molecular flexibility index (Phi) is 7.29. The van der Waals surface area contributed by atoms with Crippen LogP contribution in [0.1, 0.15) is 46.0 Å². The molecule has 10 nitrogen and oxygen atoms in total. The van der Waals surface area contributed by atoms with Crippen LogP contribution in [0.5, 0.6) is 11.5 Å². The second-order valence-corrected chi connectivity index (χ2v) is 7.67. The van der Waals surface area contributed by atoms with Gasteiger partial charge in [0.15, 0.2) is 23.2 Å².